The number of nitrogens with two attached hydrogens (primary N) is 1. The molecule has 3 N–H and O–H groups in total. The van der Waals surface area contributed by atoms with Crippen LogP contribution in [-0.4, -0.2) is 33.8 Å². The number of rotatable bonds is 2. The number of hydrogen-bond donors (Lipinski definition) is 2. The zero-order valence-corrected chi connectivity index (χ0v) is 13.1. The number of halogens is 1. The number of aromatic amines is 1. The second kappa shape index (κ2) is 5.66. The first-order valence-electron chi connectivity index (χ1n) is 7.28. The third-order valence-corrected chi connectivity index (χ3v) is 4.71. The molecule has 1 fully saturated rings. The fourth-order valence-corrected chi connectivity index (χ4v) is 3.00. The van der Waals surface area contributed by atoms with Crippen LogP contribution >= 0.6 is 11.6 Å². The van der Waals surface area contributed by atoms with Crippen LogP contribution in [0.15, 0.2) is 18.2 Å². The number of H-pyrrole nitrogens is 1. The van der Waals surface area contributed by atoms with Crippen molar-refractivity contribution in [2.24, 2.45) is 5.73 Å². The minimum Gasteiger partial charge on any atom is -0.335 e. The number of benzene rings is 1. The van der Waals surface area contributed by atoms with E-state index in [4.69, 9.17) is 17.3 Å². The van der Waals surface area contributed by atoms with Crippen molar-refractivity contribution in [2.75, 3.05) is 11.4 Å². The average Bonchev–Trinajstić information content (AvgIpc) is 2.94. The predicted molar refractivity (Wildman–Crippen MR) is 85.6 cm³/mol. The van der Waals surface area contributed by atoms with E-state index in [1.807, 2.05) is 25.1 Å². The van der Waals surface area contributed by atoms with E-state index in [2.05, 4.69) is 27.0 Å². The Bertz CT molecular complexity index is 639. The third-order valence-electron chi connectivity index (χ3n) is 4.30. The van der Waals surface area contributed by atoms with Gasteiger partial charge < -0.3 is 10.6 Å². The molecule has 1 aromatic carbocycles. The molecule has 1 saturated heterocycles. The fourth-order valence-electron chi connectivity index (χ4n) is 2.82. The number of piperidine rings is 1. The first kappa shape index (κ1) is 14.4. The van der Waals surface area contributed by atoms with E-state index >= 15 is 0 Å². The Morgan fingerprint density at radius 2 is 2.24 bits per heavy atom. The molecular formula is C15H20ClN5. The number of hydrogen-bond acceptors (Lipinski definition) is 4. The summed E-state index contributed by atoms with van der Waals surface area (Å²) in [5.41, 5.74) is 8.13. The van der Waals surface area contributed by atoms with Crippen LogP contribution in [0.25, 0.3) is 11.4 Å². The predicted octanol–water partition coefficient (Wildman–Crippen LogP) is 2.75. The molecule has 0 saturated carbocycles. The maximum absolute atomic E-state index is 6.17. The molecule has 0 aliphatic carbocycles. The molecular weight excluding hydrogens is 286 g/mol. The largest absolute Gasteiger partial charge is 0.335 e. The van der Waals surface area contributed by atoms with Crippen LogP contribution in [0.3, 0.4) is 0 Å². The van der Waals surface area contributed by atoms with Gasteiger partial charge in [-0.1, -0.05) is 23.7 Å². The van der Waals surface area contributed by atoms with Gasteiger partial charge >= 0.3 is 0 Å². The maximum Gasteiger partial charge on any atom is 0.245 e. The summed E-state index contributed by atoms with van der Waals surface area (Å²) in [6.07, 6.45) is 2.13. The van der Waals surface area contributed by atoms with E-state index in [1.165, 1.54) is 0 Å². The molecule has 112 valence electrons. The maximum atomic E-state index is 6.17. The summed E-state index contributed by atoms with van der Waals surface area (Å²) >= 11 is 6.17. The minimum absolute atomic E-state index is 0.175. The summed E-state index contributed by atoms with van der Waals surface area (Å²) in [5.74, 6) is 1.46. The van der Waals surface area contributed by atoms with Crippen molar-refractivity contribution in [3.8, 4) is 11.4 Å². The third kappa shape index (κ3) is 2.63. The van der Waals surface area contributed by atoms with E-state index in [-0.39, 0.29) is 12.1 Å². The van der Waals surface area contributed by atoms with Gasteiger partial charge in [-0.05, 0) is 38.3 Å². The molecule has 0 radical (unpaired) electrons. The van der Waals surface area contributed by atoms with Crippen molar-refractivity contribution in [3.05, 3.63) is 28.8 Å². The molecule has 21 heavy (non-hydrogen) atoms. The van der Waals surface area contributed by atoms with Crippen molar-refractivity contribution in [1.82, 2.24) is 15.2 Å². The highest BCUT2D eigenvalue weighted by Gasteiger charge is 2.27. The molecule has 6 heteroatoms. The van der Waals surface area contributed by atoms with Gasteiger partial charge in [-0.25, -0.2) is 0 Å². The van der Waals surface area contributed by atoms with Gasteiger partial charge in [0.1, 0.15) is 0 Å². The second-order valence-corrected chi connectivity index (χ2v) is 6.04. The van der Waals surface area contributed by atoms with Gasteiger partial charge in [0, 0.05) is 29.2 Å². The summed E-state index contributed by atoms with van der Waals surface area (Å²) in [5, 5.41) is 8.12. The molecule has 1 aliphatic heterocycles. The highest BCUT2D eigenvalue weighted by atomic mass is 35.5. The highest BCUT2D eigenvalue weighted by molar-refractivity contribution is 6.31. The van der Waals surface area contributed by atoms with Gasteiger partial charge in [0.05, 0.1) is 0 Å². The van der Waals surface area contributed by atoms with Crippen molar-refractivity contribution in [1.29, 1.82) is 0 Å². The number of anilines is 1. The van der Waals surface area contributed by atoms with Crippen LogP contribution < -0.4 is 10.6 Å². The standard InChI is InChI=1S/C15H20ClN5/c1-9-11(5-3-6-12(9)16)14-18-15(20-19-14)21-8-4-7-13(17)10(21)2/h3,5-6,10,13H,4,7-8,17H2,1-2H3,(H,18,19,20). The Kier molecular flexibility index (Phi) is 3.87. The molecule has 1 aromatic heterocycles. The highest BCUT2D eigenvalue weighted by Crippen LogP contribution is 2.28. The molecule has 3 rings (SSSR count). The summed E-state index contributed by atoms with van der Waals surface area (Å²) in [4.78, 5) is 6.81. The van der Waals surface area contributed by atoms with E-state index in [1.54, 1.807) is 0 Å². The first-order chi connectivity index (χ1) is 10.1. The van der Waals surface area contributed by atoms with Crippen LogP contribution in [0, 0.1) is 6.92 Å². The lowest BCUT2D eigenvalue weighted by atomic mass is 9.99. The smallest absolute Gasteiger partial charge is 0.245 e. The minimum atomic E-state index is 0.175. The van der Waals surface area contributed by atoms with Crippen LogP contribution in [-0.2, 0) is 0 Å². The Labute approximate surface area is 129 Å². The van der Waals surface area contributed by atoms with E-state index in [9.17, 15) is 0 Å². The van der Waals surface area contributed by atoms with Crippen LogP contribution in [0.1, 0.15) is 25.3 Å². The summed E-state index contributed by atoms with van der Waals surface area (Å²) in [6, 6.07) is 6.23. The van der Waals surface area contributed by atoms with Crippen LogP contribution in [0.2, 0.25) is 5.02 Å². The lowest BCUT2D eigenvalue weighted by molar-refractivity contribution is 0.416. The molecule has 0 spiro atoms. The second-order valence-electron chi connectivity index (χ2n) is 5.64. The average molecular weight is 306 g/mol. The van der Waals surface area contributed by atoms with Gasteiger partial charge in [0.2, 0.25) is 5.95 Å². The molecule has 2 heterocycles. The normalized spacial score (nSPS) is 22.6. The summed E-state index contributed by atoms with van der Waals surface area (Å²) in [6.45, 7) is 5.06. The lowest BCUT2D eigenvalue weighted by Crippen LogP contribution is -2.50. The Hall–Kier alpha value is -1.59. The molecule has 2 atom stereocenters. The Balaban J connectivity index is 1.91. The SMILES string of the molecule is Cc1c(Cl)cccc1-c1nc(N2CCCC(N)C2C)n[nH]1. The molecule has 1 aliphatic rings. The van der Waals surface area contributed by atoms with Gasteiger partial charge in [-0.3, -0.25) is 5.10 Å². The Morgan fingerprint density at radius 1 is 1.43 bits per heavy atom. The quantitative estimate of drug-likeness (QED) is 0.895. The first-order valence-corrected chi connectivity index (χ1v) is 7.66. The molecule has 2 unspecified atom stereocenters. The van der Waals surface area contributed by atoms with Crippen LogP contribution in [0.4, 0.5) is 5.95 Å². The number of nitrogens with zero attached hydrogens (tertiary/aromatic N) is 3. The van der Waals surface area contributed by atoms with Crippen molar-refractivity contribution in [3.63, 3.8) is 0 Å². The summed E-state index contributed by atoms with van der Waals surface area (Å²) < 4.78 is 0. The van der Waals surface area contributed by atoms with Gasteiger partial charge in [-0.15, -0.1) is 5.10 Å². The van der Waals surface area contributed by atoms with Crippen molar-refractivity contribution >= 4 is 17.5 Å². The Morgan fingerprint density at radius 3 is 3.05 bits per heavy atom. The van der Waals surface area contributed by atoms with Gasteiger partial charge in [0.15, 0.2) is 5.82 Å². The van der Waals surface area contributed by atoms with Crippen LogP contribution in [0.5, 0.6) is 0 Å². The number of aromatic nitrogens is 3. The topological polar surface area (TPSA) is 70.8 Å². The van der Waals surface area contributed by atoms with E-state index in [0.29, 0.717) is 5.95 Å². The van der Waals surface area contributed by atoms with Gasteiger partial charge in [0.25, 0.3) is 0 Å². The zero-order chi connectivity index (χ0) is 15.0. The lowest BCUT2D eigenvalue weighted by Gasteiger charge is -2.36. The molecule has 0 amide bonds. The molecule has 2 aromatic rings. The van der Waals surface area contributed by atoms with Crippen molar-refractivity contribution in [2.45, 2.75) is 38.8 Å². The van der Waals surface area contributed by atoms with E-state index in [0.717, 1.165) is 41.4 Å². The zero-order valence-electron chi connectivity index (χ0n) is 12.3. The number of nitrogens with one attached hydrogen (secondary N) is 1. The molecule has 0 bridgehead atoms. The summed E-state index contributed by atoms with van der Waals surface area (Å²) in [7, 11) is 0. The van der Waals surface area contributed by atoms with E-state index < -0.39 is 0 Å². The van der Waals surface area contributed by atoms with Gasteiger partial charge in [-0.2, -0.15) is 4.98 Å². The molecule has 5 nitrogen and oxygen atoms in total. The fraction of sp³-hybridized carbons (Fsp3) is 0.467. The van der Waals surface area contributed by atoms with Crippen molar-refractivity contribution < 1.29 is 0 Å². The monoisotopic (exact) mass is 305 g/mol.